The fourth-order valence-electron chi connectivity index (χ4n) is 2.75. The molecule has 0 aromatic heterocycles. The molecule has 0 radical (unpaired) electrons. The van der Waals surface area contributed by atoms with Gasteiger partial charge in [-0.25, -0.2) is 0 Å². The van der Waals surface area contributed by atoms with Gasteiger partial charge in [-0.2, -0.15) is 11.8 Å². The maximum Gasteiger partial charge on any atom is 0.0378 e. The third-order valence-corrected chi connectivity index (χ3v) is 5.62. The van der Waals surface area contributed by atoms with Gasteiger partial charge in [0, 0.05) is 35.8 Å². The van der Waals surface area contributed by atoms with Crippen LogP contribution < -0.4 is 10.2 Å². The summed E-state index contributed by atoms with van der Waals surface area (Å²) in [6.07, 6.45) is 1.19. The van der Waals surface area contributed by atoms with Crippen LogP contribution in [0.25, 0.3) is 0 Å². The lowest BCUT2D eigenvalue weighted by Gasteiger charge is -2.39. The Kier molecular flexibility index (Phi) is 5.79. The molecule has 1 aliphatic heterocycles. The van der Waals surface area contributed by atoms with Crippen molar-refractivity contribution in [1.82, 2.24) is 5.32 Å². The van der Waals surface area contributed by atoms with Gasteiger partial charge in [0.2, 0.25) is 0 Å². The number of benzene rings is 1. The van der Waals surface area contributed by atoms with Crippen LogP contribution in [0.2, 0.25) is 0 Å². The molecule has 1 aromatic carbocycles. The molecule has 0 spiro atoms. The summed E-state index contributed by atoms with van der Waals surface area (Å²) in [6, 6.07) is 7.58. The molecule has 20 heavy (non-hydrogen) atoms. The van der Waals surface area contributed by atoms with E-state index in [1.165, 1.54) is 35.5 Å². The van der Waals surface area contributed by atoms with Crippen molar-refractivity contribution in [2.24, 2.45) is 0 Å². The van der Waals surface area contributed by atoms with Gasteiger partial charge >= 0.3 is 0 Å². The van der Waals surface area contributed by atoms with E-state index in [9.17, 15) is 0 Å². The van der Waals surface area contributed by atoms with E-state index in [0.29, 0.717) is 6.04 Å². The Balaban J connectivity index is 2.08. The van der Waals surface area contributed by atoms with Crippen LogP contribution in [0, 0.1) is 6.92 Å². The molecule has 2 nitrogen and oxygen atoms in total. The molecule has 1 aromatic rings. The van der Waals surface area contributed by atoms with Gasteiger partial charge in [0.15, 0.2) is 0 Å². The summed E-state index contributed by atoms with van der Waals surface area (Å²) in [6.45, 7) is 12.4. The van der Waals surface area contributed by atoms with Gasteiger partial charge < -0.3 is 10.2 Å². The zero-order valence-corrected chi connectivity index (χ0v) is 14.1. The summed E-state index contributed by atoms with van der Waals surface area (Å²) in [5.74, 6) is 1.24. The minimum absolute atomic E-state index is 0.622. The first-order valence-electron chi connectivity index (χ1n) is 7.82. The summed E-state index contributed by atoms with van der Waals surface area (Å²) in [7, 11) is 0. The largest absolute Gasteiger partial charge is 0.367 e. The molecular formula is C17H28N2S. The van der Waals surface area contributed by atoms with E-state index in [1.807, 2.05) is 0 Å². The van der Waals surface area contributed by atoms with Gasteiger partial charge in [0.25, 0.3) is 0 Å². The minimum atomic E-state index is 0.622. The van der Waals surface area contributed by atoms with Crippen LogP contribution in [0.4, 0.5) is 5.69 Å². The fourth-order valence-corrected chi connectivity index (χ4v) is 3.85. The van der Waals surface area contributed by atoms with Gasteiger partial charge in [-0.05, 0) is 50.1 Å². The number of aryl methyl sites for hydroxylation is 1. The summed E-state index contributed by atoms with van der Waals surface area (Å²) in [5, 5.41) is 4.21. The highest BCUT2D eigenvalue weighted by Crippen LogP contribution is 2.30. The second-order valence-electron chi connectivity index (χ2n) is 5.80. The van der Waals surface area contributed by atoms with Crippen LogP contribution >= 0.6 is 11.8 Å². The predicted molar refractivity (Wildman–Crippen MR) is 91.9 cm³/mol. The van der Waals surface area contributed by atoms with Gasteiger partial charge in [-0.1, -0.05) is 19.9 Å². The van der Waals surface area contributed by atoms with E-state index in [-0.39, 0.29) is 0 Å². The van der Waals surface area contributed by atoms with Crippen molar-refractivity contribution in [1.29, 1.82) is 0 Å². The second kappa shape index (κ2) is 7.37. The van der Waals surface area contributed by atoms with Gasteiger partial charge in [0.05, 0.1) is 0 Å². The molecule has 1 saturated heterocycles. The lowest BCUT2D eigenvalue weighted by Crippen LogP contribution is -2.44. The fraction of sp³-hybridized carbons (Fsp3) is 0.647. The van der Waals surface area contributed by atoms with Crippen LogP contribution in [0.1, 0.15) is 38.3 Å². The Morgan fingerprint density at radius 3 is 2.85 bits per heavy atom. The lowest BCUT2D eigenvalue weighted by molar-refractivity contribution is 0.626. The smallest absolute Gasteiger partial charge is 0.0378 e. The molecule has 0 aliphatic carbocycles. The van der Waals surface area contributed by atoms with Gasteiger partial charge in [-0.15, -0.1) is 0 Å². The quantitative estimate of drug-likeness (QED) is 0.831. The van der Waals surface area contributed by atoms with E-state index in [4.69, 9.17) is 0 Å². The van der Waals surface area contributed by atoms with Crippen molar-refractivity contribution < 1.29 is 0 Å². The number of nitrogens with zero attached hydrogens (tertiary/aromatic N) is 1. The first kappa shape index (κ1) is 15.7. The van der Waals surface area contributed by atoms with Crippen LogP contribution in [-0.4, -0.2) is 30.1 Å². The number of thioether (sulfide) groups is 1. The Morgan fingerprint density at radius 1 is 1.35 bits per heavy atom. The number of rotatable bonds is 5. The molecular weight excluding hydrogens is 264 g/mol. The number of nitrogens with one attached hydrogen (secondary N) is 1. The van der Waals surface area contributed by atoms with E-state index < -0.39 is 0 Å². The molecule has 3 heteroatoms. The summed E-state index contributed by atoms with van der Waals surface area (Å²) >= 11 is 2.09. The Labute approximate surface area is 128 Å². The maximum atomic E-state index is 3.49. The van der Waals surface area contributed by atoms with Crippen LogP contribution in [0.15, 0.2) is 18.2 Å². The van der Waals surface area contributed by atoms with Crippen molar-refractivity contribution in [3.8, 4) is 0 Å². The van der Waals surface area contributed by atoms with E-state index in [1.54, 1.807) is 0 Å². The first-order valence-corrected chi connectivity index (χ1v) is 8.87. The zero-order valence-electron chi connectivity index (χ0n) is 13.3. The van der Waals surface area contributed by atoms with Crippen molar-refractivity contribution in [3.63, 3.8) is 0 Å². The highest BCUT2D eigenvalue weighted by Gasteiger charge is 2.25. The molecule has 1 N–H and O–H groups in total. The molecule has 2 atom stereocenters. The molecule has 2 unspecified atom stereocenters. The standard InChI is InChI=1S/C17H28N2S/c1-5-8-18-12-16-6-7-17(11-13(16)2)19-9-10-20-15(4)14(19)3/h6-7,11,14-15,18H,5,8-10,12H2,1-4H3. The average molecular weight is 292 g/mol. The van der Waals surface area contributed by atoms with E-state index in [2.05, 4.69) is 67.9 Å². The van der Waals surface area contributed by atoms with Crippen LogP contribution in [0.5, 0.6) is 0 Å². The Hall–Kier alpha value is -0.670. The molecule has 112 valence electrons. The molecule has 0 saturated carbocycles. The van der Waals surface area contributed by atoms with Gasteiger partial charge in [0.1, 0.15) is 0 Å². The van der Waals surface area contributed by atoms with Crippen molar-refractivity contribution >= 4 is 17.4 Å². The average Bonchev–Trinajstić information content (AvgIpc) is 2.44. The molecule has 0 amide bonds. The number of hydrogen-bond donors (Lipinski definition) is 1. The summed E-state index contributed by atoms with van der Waals surface area (Å²) < 4.78 is 0. The summed E-state index contributed by atoms with van der Waals surface area (Å²) in [5.41, 5.74) is 4.22. The Morgan fingerprint density at radius 2 is 2.15 bits per heavy atom. The normalized spacial score (nSPS) is 23.1. The predicted octanol–water partition coefficient (Wildman–Crippen LogP) is 3.82. The van der Waals surface area contributed by atoms with Crippen LogP contribution in [-0.2, 0) is 6.54 Å². The zero-order chi connectivity index (χ0) is 14.5. The molecule has 2 rings (SSSR count). The van der Waals surface area contributed by atoms with Crippen molar-refractivity contribution in [3.05, 3.63) is 29.3 Å². The monoisotopic (exact) mass is 292 g/mol. The van der Waals surface area contributed by atoms with E-state index >= 15 is 0 Å². The maximum absolute atomic E-state index is 3.49. The Bertz CT molecular complexity index is 433. The lowest BCUT2D eigenvalue weighted by atomic mass is 10.1. The highest BCUT2D eigenvalue weighted by atomic mass is 32.2. The molecule has 0 bridgehead atoms. The minimum Gasteiger partial charge on any atom is -0.367 e. The topological polar surface area (TPSA) is 15.3 Å². The van der Waals surface area contributed by atoms with Gasteiger partial charge in [-0.3, -0.25) is 0 Å². The molecule has 1 fully saturated rings. The first-order chi connectivity index (χ1) is 9.63. The highest BCUT2D eigenvalue weighted by molar-refractivity contribution is 8.00. The van der Waals surface area contributed by atoms with Crippen molar-refractivity contribution in [2.45, 2.75) is 52.0 Å². The third kappa shape index (κ3) is 3.70. The SMILES string of the molecule is CCCNCc1ccc(N2CCSC(C)C2C)cc1C. The molecule has 1 aliphatic rings. The van der Waals surface area contributed by atoms with E-state index in [0.717, 1.165) is 18.3 Å². The van der Waals surface area contributed by atoms with Crippen LogP contribution in [0.3, 0.4) is 0 Å². The number of anilines is 1. The van der Waals surface area contributed by atoms with Crippen molar-refractivity contribution in [2.75, 3.05) is 23.7 Å². The number of hydrogen-bond acceptors (Lipinski definition) is 3. The molecule has 1 heterocycles. The second-order valence-corrected chi connectivity index (χ2v) is 7.28. The summed E-state index contributed by atoms with van der Waals surface area (Å²) in [4.78, 5) is 2.57. The third-order valence-electron chi connectivity index (χ3n) is 4.28.